The Balaban J connectivity index is 2.33. The fourth-order valence-electron chi connectivity index (χ4n) is 2.70. The molecule has 1 aromatic rings. The van der Waals surface area contributed by atoms with E-state index in [1.54, 1.807) is 18.2 Å². The second-order valence-electron chi connectivity index (χ2n) is 4.86. The summed E-state index contributed by atoms with van der Waals surface area (Å²) in [6.45, 7) is 1.77. The number of carboxylic acid groups (broad SMARTS) is 1. The Morgan fingerprint density at radius 2 is 1.89 bits per heavy atom. The summed E-state index contributed by atoms with van der Waals surface area (Å²) in [5, 5.41) is 14.9. The van der Waals surface area contributed by atoms with Gasteiger partial charge in [0.25, 0.3) is 0 Å². The predicted molar refractivity (Wildman–Crippen MR) is 74.8 cm³/mol. The van der Waals surface area contributed by atoms with Crippen molar-refractivity contribution in [2.24, 2.45) is 5.92 Å². The number of hydrogen-bond acceptors (Lipinski definition) is 4. The summed E-state index contributed by atoms with van der Waals surface area (Å²) in [7, 11) is 0. The molecule has 0 spiro atoms. The van der Waals surface area contributed by atoms with Crippen molar-refractivity contribution in [3.05, 3.63) is 23.8 Å². The number of carbonyl (C=O) groups is 1. The van der Waals surface area contributed by atoms with Gasteiger partial charge >= 0.3 is 6.09 Å². The molecule has 0 bridgehead atoms. The number of anilines is 2. The van der Waals surface area contributed by atoms with Gasteiger partial charge in [0.2, 0.25) is 0 Å². The summed E-state index contributed by atoms with van der Waals surface area (Å²) >= 11 is 0. The highest BCUT2D eigenvalue weighted by Gasteiger charge is 2.29. The average molecular weight is 264 g/mol. The van der Waals surface area contributed by atoms with Gasteiger partial charge in [-0.05, 0) is 44.0 Å². The largest absolute Gasteiger partial charge is 0.465 e. The Kier molecular flexibility index (Phi) is 4.11. The van der Waals surface area contributed by atoms with Crippen LogP contribution in [0.25, 0.3) is 0 Å². The molecule has 1 heterocycles. The molecule has 19 heavy (non-hydrogen) atoms. The molecular weight excluding hydrogens is 244 g/mol. The van der Waals surface area contributed by atoms with Gasteiger partial charge < -0.3 is 27.2 Å². The second-order valence-corrected chi connectivity index (χ2v) is 4.86. The van der Waals surface area contributed by atoms with Crippen molar-refractivity contribution in [2.75, 3.05) is 24.6 Å². The molecule has 1 fully saturated rings. The molecule has 6 heteroatoms. The van der Waals surface area contributed by atoms with Gasteiger partial charge in [-0.3, -0.25) is 0 Å². The molecule has 1 aliphatic rings. The Hall–Kier alpha value is -1.95. The van der Waals surface area contributed by atoms with Gasteiger partial charge in [-0.15, -0.1) is 0 Å². The summed E-state index contributed by atoms with van der Waals surface area (Å²) in [4.78, 5) is 11.0. The van der Waals surface area contributed by atoms with Crippen LogP contribution in [0.5, 0.6) is 0 Å². The van der Waals surface area contributed by atoms with Crippen LogP contribution in [-0.2, 0) is 0 Å². The highest BCUT2D eigenvalue weighted by Crippen LogP contribution is 2.35. The maximum Gasteiger partial charge on any atom is 0.405 e. The van der Waals surface area contributed by atoms with Gasteiger partial charge in [-0.2, -0.15) is 0 Å². The van der Waals surface area contributed by atoms with Crippen LogP contribution in [0.3, 0.4) is 0 Å². The van der Waals surface area contributed by atoms with E-state index in [2.05, 4.69) is 10.6 Å². The van der Waals surface area contributed by atoms with Crippen LogP contribution >= 0.6 is 0 Å². The number of amides is 1. The molecule has 1 atom stereocenters. The zero-order valence-electron chi connectivity index (χ0n) is 10.7. The number of piperidine rings is 1. The molecule has 0 aromatic heterocycles. The molecule has 104 valence electrons. The normalized spacial score (nSPS) is 17.9. The lowest BCUT2D eigenvalue weighted by Crippen LogP contribution is -2.39. The van der Waals surface area contributed by atoms with Gasteiger partial charge in [-0.1, -0.05) is 6.07 Å². The van der Waals surface area contributed by atoms with Crippen molar-refractivity contribution in [1.82, 2.24) is 10.6 Å². The van der Waals surface area contributed by atoms with Crippen LogP contribution in [0.1, 0.15) is 24.4 Å². The molecule has 6 nitrogen and oxygen atoms in total. The fraction of sp³-hybridized carbons (Fsp3) is 0.462. The first-order valence-corrected chi connectivity index (χ1v) is 6.43. The number of hydrogen-bond donors (Lipinski definition) is 5. The van der Waals surface area contributed by atoms with E-state index in [1.807, 2.05) is 0 Å². The van der Waals surface area contributed by atoms with E-state index in [0.717, 1.165) is 25.9 Å². The molecule has 1 aromatic carbocycles. The van der Waals surface area contributed by atoms with Gasteiger partial charge in [0.15, 0.2) is 0 Å². The number of nitrogen functional groups attached to an aromatic ring is 2. The van der Waals surface area contributed by atoms with E-state index in [4.69, 9.17) is 16.6 Å². The van der Waals surface area contributed by atoms with Gasteiger partial charge in [0.05, 0.1) is 6.04 Å². The van der Waals surface area contributed by atoms with E-state index in [0.29, 0.717) is 16.9 Å². The zero-order chi connectivity index (χ0) is 13.8. The maximum absolute atomic E-state index is 11.0. The van der Waals surface area contributed by atoms with Crippen molar-refractivity contribution in [1.29, 1.82) is 0 Å². The van der Waals surface area contributed by atoms with E-state index in [-0.39, 0.29) is 12.0 Å². The average Bonchev–Trinajstić information content (AvgIpc) is 2.38. The third kappa shape index (κ3) is 3.08. The number of nitrogens with two attached hydrogens (primary N) is 2. The minimum atomic E-state index is -1.05. The van der Waals surface area contributed by atoms with E-state index in [9.17, 15) is 4.79 Å². The van der Waals surface area contributed by atoms with Crippen molar-refractivity contribution < 1.29 is 9.90 Å². The molecular formula is C13H20N4O2. The first-order chi connectivity index (χ1) is 9.09. The topological polar surface area (TPSA) is 113 Å². The van der Waals surface area contributed by atoms with E-state index < -0.39 is 6.09 Å². The second kappa shape index (κ2) is 5.79. The third-order valence-electron chi connectivity index (χ3n) is 3.62. The highest BCUT2D eigenvalue weighted by molar-refractivity contribution is 5.69. The SMILES string of the molecule is Nc1cccc(N)c1C(NC(=O)O)C1CCNCC1. The maximum atomic E-state index is 11.0. The fourth-order valence-corrected chi connectivity index (χ4v) is 2.70. The van der Waals surface area contributed by atoms with Crippen molar-refractivity contribution >= 4 is 17.5 Å². The van der Waals surface area contributed by atoms with Crippen molar-refractivity contribution in [3.8, 4) is 0 Å². The molecule has 0 aliphatic carbocycles. The van der Waals surface area contributed by atoms with Crippen LogP contribution in [0, 0.1) is 5.92 Å². The lowest BCUT2D eigenvalue weighted by atomic mass is 9.84. The quantitative estimate of drug-likeness (QED) is 0.526. The summed E-state index contributed by atoms with van der Waals surface area (Å²) < 4.78 is 0. The minimum absolute atomic E-state index is 0.212. The molecule has 0 radical (unpaired) electrons. The first-order valence-electron chi connectivity index (χ1n) is 6.43. The van der Waals surface area contributed by atoms with Crippen molar-refractivity contribution in [3.63, 3.8) is 0 Å². The summed E-state index contributed by atoms with van der Waals surface area (Å²) in [6.07, 6.45) is 0.753. The van der Waals surface area contributed by atoms with Crippen LogP contribution in [0.4, 0.5) is 16.2 Å². The highest BCUT2D eigenvalue weighted by atomic mass is 16.4. The monoisotopic (exact) mass is 264 g/mol. The smallest absolute Gasteiger partial charge is 0.405 e. The van der Waals surface area contributed by atoms with E-state index in [1.165, 1.54) is 0 Å². The van der Waals surface area contributed by atoms with Crippen LogP contribution in [-0.4, -0.2) is 24.3 Å². The van der Waals surface area contributed by atoms with Crippen molar-refractivity contribution in [2.45, 2.75) is 18.9 Å². The minimum Gasteiger partial charge on any atom is -0.465 e. The number of rotatable bonds is 3. The Bertz CT molecular complexity index is 438. The molecule has 1 aliphatic heterocycles. The lowest BCUT2D eigenvalue weighted by Gasteiger charge is -2.32. The van der Waals surface area contributed by atoms with Gasteiger partial charge in [-0.25, -0.2) is 4.79 Å². The molecule has 7 N–H and O–H groups in total. The van der Waals surface area contributed by atoms with Crippen LogP contribution < -0.4 is 22.1 Å². The van der Waals surface area contributed by atoms with Gasteiger partial charge in [0, 0.05) is 16.9 Å². The zero-order valence-corrected chi connectivity index (χ0v) is 10.7. The number of benzene rings is 1. The summed E-state index contributed by atoms with van der Waals surface area (Å²) in [5.41, 5.74) is 13.7. The third-order valence-corrected chi connectivity index (χ3v) is 3.62. The Labute approximate surface area is 112 Å². The van der Waals surface area contributed by atoms with E-state index >= 15 is 0 Å². The number of nitrogens with one attached hydrogen (secondary N) is 2. The van der Waals surface area contributed by atoms with Crippen LogP contribution in [0.2, 0.25) is 0 Å². The first kappa shape index (κ1) is 13.5. The molecule has 1 amide bonds. The lowest BCUT2D eigenvalue weighted by molar-refractivity contribution is 0.180. The Morgan fingerprint density at radius 3 is 2.42 bits per heavy atom. The molecule has 1 unspecified atom stereocenters. The van der Waals surface area contributed by atoms with Gasteiger partial charge in [0.1, 0.15) is 0 Å². The Morgan fingerprint density at radius 1 is 1.32 bits per heavy atom. The molecule has 2 rings (SSSR count). The molecule has 1 saturated heterocycles. The molecule has 0 saturated carbocycles. The summed E-state index contributed by atoms with van der Waals surface area (Å²) in [6, 6.07) is 4.93. The summed E-state index contributed by atoms with van der Waals surface area (Å²) in [5.74, 6) is 0.212. The standard InChI is InChI=1S/C13H20N4O2/c14-9-2-1-3-10(15)11(9)12(17-13(18)19)8-4-6-16-7-5-8/h1-3,8,12,16-17H,4-7,14-15H2,(H,18,19). The van der Waals surface area contributed by atoms with Crippen LogP contribution in [0.15, 0.2) is 18.2 Å². The predicted octanol–water partition coefficient (Wildman–Crippen LogP) is 1.16.